The number of aromatic amines is 1. The Morgan fingerprint density at radius 1 is 1.42 bits per heavy atom. The number of nitrogens with one attached hydrogen (secondary N) is 2. The zero-order valence-electron chi connectivity index (χ0n) is 10.3. The molecule has 1 aromatic carbocycles. The highest BCUT2D eigenvalue weighted by Crippen LogP contribution is 2.14. The summed E-state index contributed by atoms with van der Waals surface area (Å²) in [7, 11) is 1.82. The molecule has 0 unspecified atom stereocenters. The number of fused-ring (bicyclic) bond motifs is 1. The Bertz CT molecular complexity index is 728. The Labute approximate surface area is 108 Å². The second kappa shape index (κ2) is 4.52. The van der Waals surface area contributed by atoms with Crippen molar-refractivity contribution in [3.8, 4) is 0 Å². The third kappa shape index (κ3) is 2.05. The van der Waals surface area contributed by atoms with Crippen molar-refractivity contribution in [2.45, 2.75) is 6.54 Å². The first-order valence-electron chi connectivity index (χ1n) is 5.80. The summed E-state index contributed by atoms with van der Waals surface area (Å²) >= 11 is 0. The molecule has 2 aromatic heterocycles. The zero-order chi connectivity index (χ0) is 13.2. The van der Waals surface area contributed by atoms with Gasteiger partial charge in [0.2, 0.25) is 0 Å². The number of nitrogens with zero attached hydrogens (tertiary/aromatic N) is 4. The van der Waals surface area contributed by atoms with Gasteiger partial charge in [-0.1, -0.05) is 18.2 Å². The molecule has 3 aromatic rings. The average molecular weight is 256 g/mol. The molecule has 2 N–H and O–H groups in total. The van der Waals surface area contributed by atoms with Crippen molar-refractivity contribution in [2.75, 3.05) is 0 Å². The van der Waals surface area contributed by atoms with Crippen LogP contribution in [0.4, 0.5) is 0 Å². The van der Waals surface area contributed by atoms with Crippen molar-refractivity contribution in [3.05, 3.63) is 42.1 Å². The van der Waals surface area contributed by atoms with Gasteiger partial charge < -0.3 is 9.88 Å². The van der Waals surface area contributed by atoms with Gasteiger partial charge in [0.15, 0.2) is 11.5 Å². The Kier molecular flexibility index (Phi) is 2.71. The summed E-state index contributed by atoms with van der Waals surface area (Å²) in [6.45, 7) is 0.316. The minimum Gasteiger partial charge on any atom is -0.343 e. The zero-order valence-corrected chi connectivity index (χ0v) is 10.3. The predicted octanol–water partition coefficient (Wildman–Crippen LogP) is 0.621. The highest BCUT2D eigenvalue weighted by Gasteiger charge is 2.14. The van der Waals surface area contributed by atoms with E-state index < -0.39 is 0 Å². The van der Waals surface area contributed by atoms with Crippen molar-refractivity contribution in [1.29, 1.82) is 0 Å². The first kappa shape index (κ1) is 11.4. The Morgan fingerprint density at radius 3 is 3.05 bits per heavy atom. The summed E-state index contributed by atoms with van der Waals surface area (Å²) in [4.78, 5) is 12.1. The second-order valence-corrected chi connectivity index (χ2v) is 4.16. The molecule has 0 bridgehead atoms. The lowest BCUT2D eigenvalue weighted by Gasteiger charge is -2.02. The quantitative estimate of drug-likeness (QED) is 0.719. The number of H-pyrrole nitrogens is 1. The van der Waals surface area contributed by atoms with Crippen LogP contribution >= 0.6 is 0 Å². The molecule has 0 aliphatic carbocycles. The molecule has 7 nitrogen and oxygen atoms in total. The van der Waals surface area contributed by atoms with Gasteiger partial charge in [-0.25, -0.2) is 0 Å². The summed E-state index contributed by atoms with van der Waals surface area (Å²) in [5, 5.41) is 18.1. The third-order valence-corrected chi connectivity index (χ3v) is 2.90. The van der Waals surface area contributed by atoms with E-state index >= 15 is 0 Å². The van der Waals surface area contributed by atoms with Crippen LogP contribution in [-0.4, -0.2) is 30.9 Å². The fourth-order valence-electron chi connectivity index (χ4n) is 1.85. The summed E-state index contributed by atoms with van der Waals surface area (Å²) in [6, 6.07) is 7.50. The lowest BCUT2D eigenvalue weighted by molar-refractivity contribution is 0.0946. The molecule has 0 spiro atoms. The minimum atomic E-state index is -0.236. The number of para-hydroxylation sites is 1. The topological polar surface area (TPSA) is 88.5 Å². The maximum Gasteiger partial charge on any atom is 0.272 e. The van der Waals surface area contributed by atoms with Gasteiger partial charge in [0.05, 0.1) is 12.1 Å². The number of hydrogen-bond acceptors (Lipinski definition) is 4. The van der Waals surface area contributed by atoms with Crippen LogP contribution in [0.15, 0.2) is 30.6 Å². The molecule has 2 heterocycles. The summed E-state index contributed by atoms with van der Waals surface area (Å²) in [5.74, 6) is 0.452. The maximum absolute atomic E-state index is 12.1. The van der Waals surface area contributed by atoms with Crippen LogP contribution in [0.2, 0.25) is 0 Å². The number of amides is 1. The molecule has 96 valence electrons. The largest absolute Gasteiger partial charge is 0.343 e. The minimum absolute atomic E-state index is 0.236. The first-order chi connectivity index (χ1) is 9.25. The van der Waals surface area contributed by atoms with Gasteiger partial charge in [0, 0.05) is 12.4 Å². The number of benzene rings is 1. The smallest absolute Gasteiger partial charge is 0.272 e. The maximum atomic E-state index is 12.1. The van der Waals surface area contributed by atoms with E-state index in [1.807, 2.05) is 31.3 Å². The van der Waals surface area contributed by atoms with Crippen LogP contribution in [0.25, 0.3) is 10.9 Å². The number of aryl methyl sites for hydroxylation is 1. The normalized spacial score (nSPS) is 10.8. The van der Waals surface area contributed by atoms with Gasteiger partial charge in [0.25, 0.3) is 5.91 Å². The molecule has 19 heavy (non-hydrogen) atoms. The lowest BCUT2D eigenvalue weighted by atomic mass is 10.2. The molecule has 0 atom stereocenters. The fraction of sp³-hybridized carbons (Fsp3) is 0.167. The van der Waals surface area contributed by atoms with E-state index in [-0.39, 0.29) is 5.91 Å². The lowest BCUT2D eigenvalue weighted by Crippen LogP contribution is -2.24. The van der Waals surface area contributed by atoms with E-state index in [9.17, 15) is 4.79 Å². The van der Waals surface area contributed by atoms with E-state index in [2.05, 4.69) is 25.7 Å². The SMILES string of the molecule is Cn1cnnc1CNC(=O)c1n[nH]c2ccccc12. The van der Waals surface area contributed by atoms with Gasteiger partial charge >= 0.3 is 0 Å². The Morgan fingerprint density at radius 2 is 2.26 bits per heavy atom. The van der Waals surface area contributed by atoms with E-state index in [4.69, 9.17) is 0 Å². The summed E-state index contributed by atoms with van der Waals surface area (Å²) < 4.78 is 1.75. The molecule has 0 radical (unpaired) electrons. The molecule has 0 aliphatic heterocycles. The van der Waals surface area contributed by atoms with Crippen molar-refractivity contribution in [1.82, 2.24) is 30.3 Å². The number of rotatable bonds is 3. The Balaban J connectivity index is 1.79. The van der Waals surface area contributed by atoms with Crippen molar-refractivity contribution < 1.29 is 4.79 Å². The molecule has 0 fully saturated rings. The molecule has 1 amide bonds. The summed E-state index contributed by atoms with van der Waals surface area (Å²) in [5.41, 5.74) is 1.23. The van der Waals surface area contributed by atoms with Crippen LogP contribution < -0.4 is 5.32 Å². The standard InChI is InChI=1S/C12H12N6O/c1-18-7-14-16-10(18)6-13-12(19)11-8-4-2-3-5-9(8)15-17-11/h2-5,7H,6H2,1H3,(H,13,19)(H,15,17). The van der Waals surface area contributed by atoms with E-state index in [0.29, 0.717) is 18.1 Å². The molecule has 0 aliphatic rings. The molecule has 3 rings (SSSR count). The Hall–Kier alpha value is -2.70. The highest BCUT2D eigenvalue weighted by molar-refractivity contribution is 6.04. The number of aromatic nitrogens is 5. The van der Waals surface area contributed by atoms with Crippen LogP contribution in [0.1, 0.15) is 16.3 Å². The van der Waals surface area contributed by atoms with E-state index in [0.717, 1.165) is 10.9 Å². The van der Waals surface area contributed by atoms with E-state index in [1.165, 1.54) is 0 Å². The molecular weight excluding hydrogens is 244 g/mol. The molecule has 0 saturated carbocycles. The van der Waals surface area contributed by atoms with Crippen LogP contribution in [0.5, 0.6) is 0 Å². The van der Waals surface area contributed by atoms with Crippen LogP contribution in [0, 0.1) is 0 Å². The van der Waals surface area contributed by atoms with Gasteiger partial charge in [-0.15, -0.1) is 10.2 Å². The third-order valence-electron chi connectivity index (χ3n) is 2.90. The predicted molar refractivity (Wildman–Crippen MR) is 68.3 cm³/mol. The van der Waals surface area contributed by atoms with Gasteiger partial charge in [-0.3, -0.25) is 9.89 Å². The van der Waals surface area contributed by atoms with Gasteiger partial charge in [0.1, 0.15) is 6.33 Å². The summed E-state index contributed by atoms with van der Waals surface area (Å²) in [6.07, 6.45) is 1.59. The van der Waals surface area contributed by atoms with Gasteiger partial charge in [-0.2, -0.15) is 5.10 Å². The number of hydrogen-bond donors (Lipinski definition) is 2. The second-order valence-electron chi connectivity index (χ2n) is 4.16. The average Bonchev–Trinajstić information content (AvgIpc) is 3.02. The van der Waals surface area contributed by atoms with Gasteiger partial charge in [-0.05, 0) is 6.07 Å². The monoisotopic (exact) mass is 256 g/mol. The van der Waals surface area contributed by atoms with Crippen LogP contribution in [-0.2, 0) is 13.6 Å². The first-order valence-corrected chi connectivity index (χ1v) is 5.80. The van der Waals surface area contributed by atoms with Crippen molar-refractivity contribution >= 4 is 16.8 Å². The molecule has 7 heteroatoms. The van der Waals surface area contributed by atoms with Crippen molar-refractivity contribution in [2.24, 2.45) is 7.05 Å². The molecule has 0 saturated heterocycles. The van der Waals surface area contributed by atoms with Crippen LogP contribution in [0.3, 0.4) is 0 Å². The number of carbonyl (C=O) groups is 1. The molecular formula is C12H12N6O. The number of carbonyl (C=O) groups excluding carboxylic acids is 1. The highest BCUT2D eigenvalue weighted by atomic mass is 16.1. The van der Waals surface area contributed by atoms with Crippen molar-refractivity contribution in [3.63, 3.8) is 0 Å². The fourth-order valence-corrected chi connectivity index (χ4v) is 1.85. The van der Waals surface area contributed by atoms with E-state index in [1.54, 1.807) is 10.9 Å².